The zero-order valence-electron chi connectivity index (χ0n) is 15.4. The van der Waals surface area contributed by atoms with Crippen molar-refractivity contribution in [1.82, 2.24) is 10.3 Å². The number of nitrogens with zero attached hydrogens (tertiary/aromatic N) is 3. The summed E-state index contributed by atoms with van der Waals surface area (Å²) in [7, 11) is 0. The van der Waals surface area contributed by atoms with E-state index in [0.29, 0.717) is 57.3 Å². The van der Waals surface area contributed by atoms with Crippen molar-refractivity contribution < 1.29 is 18.3 Å². The topological polar surface area (TPSA) is 57.7 Å². The summed E-state index contributed by atoms with van der Waals surface area (Å²) >= 11 is 0. The molecule has 1 N–H and O–H groups in total. The first-order chi connectivity index (χ1) is 13.6. The molecule has 148 valence electrons. The highest BCUT2D eigenvalue weighted by Crippen LogP contribution is 2.23. The van der Waals surface area contributed by atoms with Crippen LogP contribution in [0.4, 0.5) is 20.3 Å². The molecule has 0 bridgehead atoms. The third kappa shape index (κ3) is 3.91. The van der Waals surface area contributed by atoms with E-state index in [1.807, 2.05) is 9.80 Å². The Labute approximate surface area is 162 Å². The molecule has 1 unspecified atom stereocenters. The summed E-state index contributed by atoms with van der Waals surface area (Å²) in [6, 6.07) is 7.31. The number of pyridine rings is 1. The molecule has 2 aliphatic rings. The van der Waals surface area contributed by atoms with Gasteiger partial charge in [0.1, 0.15) is 5.82 Å². The van der Waals surface area contributed by atoms with Crippen LogP contribution in [0, 0.1) is 11.6 Å². The molecule has 3 heterocycles. The lowest BCUT2D eigenvalue weighted by Crippen LogP contribution is -2.38. The molecule has 1 amide bonds. The van der Waals surface area contributed by atoms with Crippen LogP contribution in [0.3, 0.4) is 0 Å². The van der Waals surface area contributed by atoms with Crippen LogP contribution in [0.1, 0.15) is 16.8 Å². The molecule has 2 saturated heterocycles. The van der Waals surface area contributed by atoms with E-state index >= 15 is 0 Å². The fourth-order valence-electron chi connectivity index (χ4n) is 3.66. The molecule has 0 aliphatic carbocycles. The lowest BCUT2D eigenvalue weighted by Gasteiger charge is -2.29. The maximum Gasteiger partial charge on any atom is 0.251 e. The molecule has 4 rings (SSSR count). The molecule has 0 spiro atoms. The van der Waals surface area contributed by atoms with Crippen molar-refractivity contribution in [2.45, 2.75) is 12.5 Å². The normalized spacial score (nSPS) is 19.7. The van der Waals surface area contributed by atoms with Crippen molar-refractivity contribution in [3.63, 3.8) is 0 Å². The van der Waals surface area contributed by atoms with Gasteiger partial charge < -0.3 is 19.9 Å². The van der Waals surface area contributed by atoms with Gasteiger partial charge in [0.25, 0.3) is 5.91 Å². The summed E-state index contributed by atoms with van der Waals surface area (Å²) < 4.78 is 33.7. The van der Waals surface area contributed by atoms with E-state index in [0.717, 1.165) is 0 Å². The fraction of sp³-hybridized carbons (Fsp3) is 0.400. The van der Waals surface area contributed by atoms with Gasteiger partial charge in [-0.05, 0) is 36.8 Å². The molecule has 1 aromatic heterocycles. The Morgan fingerprint density at radius 1 is 1.11 bits per heavy atom. The summed E-state index contributed by atoms with van der Waals surface area (Å²) in [6.07, 6.45) is 2.22. The molecule has 6 nitrogen and oxygen atoms in total. The minimum Gasteiger partial charge on any atom is -0.378 e. The molecule has 2 aromatic rings. The van der Waals surface area contributed by atoms with Crippen molar-refractivity contribution in [3.05, 3.63) is 53.7 Å². The number of halogens is 2. The van der Waals surface area contributed by atoms with Gasteiger partial charge in [-0.2, -0.15) is 0 Å². The number of morpholine rings is 1. The van der Waals surface area contributed by atoms with E-state index in [4.69, 9.17) is 4.74 Å². The monoisotopic (exact) mass is 388 g/mol. The Morgan fingerprint density at radius 3 is 2.68 bits per heavy atom. The largest absolute Gasteiger partial charge is 0.378 e. The maximum atomic E-state index is 14.5. The lowest BCUT2D eigenvalue weighted by molar-refractivity contribution is 0.0940. The summed E-state index contributed by atoms with van der Waals surface area (Å²) in [4.78, 5) is 20.3. The number of hydrogen-bond donors (Lipinski definition) is 1. The molecular weight excluding hydrogens is 366 g/mol. The van der Waals surface area contributed by atoms with E-state index < -0.39 is 5.82 Å². The lowest BCUT2D eigenvalue weighted by atomic mass is 10.1. The van der Waals surface area contributed by atoms with Crippen molar-refractivity contribution in [2.75, 3.05) is 49.2 Å². The number of ether oxygens (including phenoxy) is 1. The minimum absolute atomic E-state index is 0.143. The maximum absolute atomic E-state index is 14.5. The Bertz CT molecular complexity index is 858. The molecule has 0 radical (unpaired) electrons. The molecule has 2 aliphatic heterocycles. The van der Waals surface area contributed by atoms with Gasteiger partial charge in [-0.15, -0.1) is 0 Å². The molecular formula is C20H22F2N4O2. The number of anilines is 2. The van der Waals surface area contributed by atoms with Crippen molar-refractivity contribution in [2.24, 2.45) is 0 Å². The second-order valence-electron chi connectivity index (χ2n) is 6.98. The molecule has 2 fully saturated rings. The van der Waals surface area contributed by atoms with Gasteiger partial charge in [0.05, 0.1) is 18.9 Å². The summed E-state index contributed by atoms with van der Waals surface area (Å²) in [5.74, 6) is -0.839. The molecule has 8 heteroatoms. The van der Waals surface area contributed by atoms with Gasteiger partial charge in [-0.25, -0.2) is 13.8 Å². The van der Waals surface area contributed by atoms with E-state index in [1.54, 1.807) is 24.4 Å². The molecule has 0 saturated carbocycles. The van der Waals surface area contributed by atoms with Crippen molar-refractivity contribution >= 4 is 17.4 Å². The van der Waals surface area contributed by atoms with Crippen molar-refractivity contribution in [3.8, 4) is 0 Å². The first kappa shape index (κ1) is 18.6. The highest BCUT2D eigenvalue weighted by molar-refractivity contribution is 5.94. The Morgan fingerprint density at radius 2 is 1.93 bits per heavy atom. The minimum atomic E-state index is -0.418. The number of amides is 1. The third-order valence-electron chi connectivity index (χ3n) is 5.12. The SMILES string of the molecule is O=C(NC1CCN(c2ncccc2F)C1)c1ccc(N2CCOCC2)c(F)c1. The van der Waals surface area contributed by atoms with Crippen molar-refractivity contribution in [1.29, 1.82) is 0 Å². The highest BCUT2D eigenvalue weighted by Gasteiger charge is 2.27. The van der Waals surface area contributed by atoms with E-state index in [1.165, 1.54) is 12.1 Å². The van der Waals surface area contributed by atoms with E-state index in [2.05, 4.69) is 10.3 Å². The predicted octanol–water partition coefficient (Wildman–Crippen LogP) is 2.21. The standard InChI is InChI=1S/C20H22F2N4O2/c21-16-2-1-6-23-19(16)26-7-5-15(13-26)24-20(27)14-3-4-18(17(22)12-14)25-8-10-28-11-9-25/h1-4,6,12,15H,5,7-11,13H2,(H,24,27). The van der Waals surface area contributed by atoms with E-state index in [9.17, 15) is 13.6 Å². The fourth-order valence-corrected chi connectivity index (χ4v) is 3.66. The van der Waals surface area contributed by atoms with Gasteiger partial charge in [-0.1, -0.05) is 0 Å². The van der Waals surface area contributed by atoms with Crippen LogP contribution in [0.5, 0.6) is 0 Å². The first-order valence-electron chi connectivity index (χ1n) is 9.40. The summed E-state index contributed by atoms with van der Waals surface area (Å²) in [6.45, 7) is 3.46. The average molecular weight is 388 g/mol. The zero-order valence-corrected chi connectivity index (χ0v) is 15.4. The third-order valence-corrected chi connectivity index (χ3v) is 5.12. The van der Waals surface area contributed by atoms with Gasteiger partial charge in [0.15, 0.2) is 11.6 Å². The Kier molecular flexibility index (Phi) is 5.38. The average Bonchev–Trinajstić information content (AvgIpc) is 3.17. The van der Waals surface area contributed by atoms with Crippen LogP contribution in [0.25, 0.3) is 0 Å². The van der Waals surface area contributed by atoms with E-state index in [-0.39, 0.29) is 23.3 Å². The zero-order chi connectivity index (χ0) is 19.5. The number of hydrogen-bond acceptors (Lipinski definition) is 5. The van der Waals surface area contributed by atoms with Crippen LogP contribution < -0.4 is 15.1 Å². The second-order valence-corrected chi connectivity index (χ2v) is 6.98. The smallest absolute Gasteiger partial charge is 0.251 e. The predicted molar refractivity (Wildman–Crippen MR) is 102 cm³/mol. The molecule has 1 aromatic carbocycles. The number of nitrogens with one attached hydrogen (secondary N) is 1. The Hall–Kier alpha value is -2.74. The Balaban J connectivity index is 1.39. The van der Waals surface area contributed by atoms with Crippen LogP contribution >= 0.6 is 0 Å². The number of carbonyl (C=O) groups excluding carboxylic acids is 1. The summed E-state index contributed by atoms with van der Waals surface area (Å²) in [5.41, 5.74) is 0.759. The second kappa shape index (κ2) is 8.10. The molecule has 28 heavy (non-hydrogen) atoms. The number of rotatable bonds is 4. The number of carbonyl (C=O) groups is 1. The highest BCUT2D eigenvalue weighted by atomic mass is 19.1. The van der Waals surface area contributed by atoms with Gasteiger partial charge in [0.2, 0.25) is 0 Å². The first-order valence-corrected chi connectivity index (χ1v) is 9.40. The van der Waals surface area contributed by atoms with Gasteiger partial charge in [-0.3, -0.25) is 4.79 Å². The van der Waals surface area contributed by atoms with Crippen LogP contribution in [-0.2, 0) is 4.74 Å². The number of aromatic nitrogens is 1. The van der Waals surface area contributed by atoms with Crippen LogP contribution in [0.15, 0.2) is 36.5 Å². The quantitative estimate of drug-likeness (QED) is 0.870. The van der Waals surface area contributed by atoms with Crippen LogP contribution in [0.2, 0.25) is 0 Å². The van der Waals surface area contributed by atoms with Gasteiger partial charge in [0, 0.05) is 44.0 Å². The number of benzene rings is 1. The van der Waals surface area contributed by atoms with Gasteiger partial charge >= 0.3 is 0 Å². The molecule has 1 atom stereocenters. The van der Waals surface area contributed by atoms with Crippen LogP contribution in [-0.4, -0.2) is 56.3 Å². The summed E-state index contributed by atoms with van der Waals surface area (Å²) in [5, 5.41) is 2.91.